The maximum atomic E-state index is 13.5. The summed E-state index contributed by atoms with van der Waals surface area (Å²) in [7, 11) is -2.18. The van der Waals surface area contributed by atoms with E-state index < -0.39 is 23.7 Å². The summed E-state index contributed by atoms with van der Waals surface area (Å²) in [6, 6.07) is 44.5. The van der Waals surface area contributed by atoms with Gasteiger partial charge in [0.15, 0.2) is 0 Å². The molecule has 3 nitrogen and oxygen atoms in total. The summed E-state index contributed by atoms with van der Waals surface area (Å²) >= 11 is 0. The van der Waals surface area contributed by atoms with Crippen LogP contribution in [0.4, 0.5) is 0 Å². The third kappa shape index (κ3) is 5.72. The molecule has 0 bridgehead atoms. The fraction of sp³-hybridized carbons (Fsp3) is 0.211. The van der Waals surface area contributed by atoms with E-state index in [-0.39, 0.29) is 11.5 Å². The van der Waals surface area contributed by atoms with Gasteiger partial charge in [0.25, 0.3) is 0 Å². The Labute approximate surface area is 259 Å². The first-order valence-electron chi connectivity index (χ1n) is 14.7. The Hall–Kier alpha value is -3.56. The van der Waals surface area contributed by atoms with Crippen LogP contribution >= 0.6 is 7.92 Å². The van der Waals surface area contributed by atoms with Crippen LogP contribution in [0.2, 0.25) is 0 Å². The van der Waals surface area contributed by atoms with Gasteiger partial charge < -0.3 is 4.74 Å². The molecule has 218 valence electrons. The predicted molar refractivity (Wildman–Crippen MR) is 183 cm³/mol. The number of ether oxygens (including phenoxy) is 1. The Balaban J connectivity index is 1.55. The first-order valence-corrected chi connectivity index (χ1v) is 17.2. The van der Waals surface area contributed by atoms with E-state index in [4.69, 9.17) is 4.74 Å². The molecule has 1 aliphatic heterocycles. The van der Waals surface area contributed by atoms with Gasteiger partial charge in [-0.3, -0.25) is 0 Å². The molecule has 0 aromatic heterocycles. The van der Waals surface area contributed by atoms with Crippen LogP contribution in [0.1, 0.15) is 62.9 Å². The van der Waals surface area contributed by atoms with E-state index in [1.807, 2.05) is 39.0 Å². The van der Waals surface area contributed by atoms with E-state index in [0.29, 0.717) is 0 Å². The van der Waals surface area contributed by atoms with Crippen molar-refractivity contribution in [1.82, 2.24) is 4.72 Å². The van der Waals surface area contributed by atoms with Gasteiger partial charge >= 0.3 is 0 Å². The Kier molecular flexibility index (Phi) is 8.13. The molecular weight excluding hydrogens is 565 g/mol. The lowest BCUT2D eigenvalue weighted by Gasteiger charge is -2.38. The van der Waals surface area contributed by atoms with E-state index in [2.05, 4.69) is 128 Å². The van der Waals surface area contributed by atoms with Gasteiger partial charge in [0, 0.05) is 27.4 Å². The Morgan fingerprint density at radius 3 is 1.74 bits per heavy atom. The lowest BCUT2D eigenvalue weighted by molar-refractivity contribution is 0.413. The highest BCUT2D eigenvalue weighted by molar-refractivity contribution is 7.84. The van der Waals surface area contributed by atoms with Crippen LogP contribution in [0.15, 0.2) is 127 Å². The van der Waals surface area contributed by atoms with Crippen LogP contribution in [0, 0.1) is 0 Å². The molecule has 1 N–H and O–H groups in total. The van der Waals surface area contributed by atoms with Crippen LogP contribution < -0.4 is 25.4 Å². The zero-order valence-corrected chi connectivity index (χ0v) is 27.1. The van der Waals surface area contributed by atoms with Gasteiger partial charge in [0.1, 0.15) is 11.5 Å². The molecule has 1 heterocycles. The molecule has 6 rings (SSSR count). The van der Waals surface area contributed by atoms with Gasteiger partial charge in [-0.2, -0.15) is 0 Å². The van der Waals surface area contributed by atoms with Gasteiger partial charge in [-0.1, -0.05) is 141 Å². The average Bonchev–Trinajstić information content (AvgIpc) is 3.01. The number of hydrogen-bond donors (Lipinski definition) is 1. The van der Waals surface area contributed by atoms with Gasteiger partial charge in [0.2, 0.25) is 0 Å². The molecule has 0 saturated carbocycles. The fourth-order valence-electron chi connectivity index (χ4n) is 5.76. The molecule has 1 aliphatic rings. The lowest BCUT2D eigenvalue weighted by atomic mass is 9.74. The molecule has 5 aromatic carbocycles. The molecule has 1 unspecified atom stereocenters. The minimum absolute atomic E-state index is 0.312. The van der Waals surface area contributed by atoms with Crippen molar-refractivity contribution >= 4 is 34.8 Å². The third-order valence-electron chi connectivity index (χ3n) is 8.09. The summed E-state index contributed by atoms with van der Waals surface area (Å²) in [6.45, 7) is 10.6. The van der Waals surface area contributed by atoms with Gasteiger partial charge in [0.05, 0.1) is 21.8 Å². The van der Waals surface area contributed by atoms with Gasteiger partial charge in [-0.25, -0.2) is 8.93 Å². The molecule has 43 heavy (non-hydrogen) atoms. The predicted octanol–water partition coefficient (Wildman–Crippen LogP) is 8.02. The summed E-state index contributed by atoms with van der Waals surface area (Å²) < 4.78 is 23.7. The highest BCUT2D eigenvalue weighted by Crippen LogP contribution is 2.52. The zero-order valence-electron chi connectivity index (χ0n) is 25.4. The summed E-state index contributed by atoms with van der Waals surface area (Å²) in [5.74, 6) is 1.77. The normalized spacial score (nSPS) is 15.2. The van der Waals surface area contributed by atoms with Crippen molar-refractivity contribution in [2.24, 2.45) is 0 Å². The first-order chi connectivity index (χ1) is 20.7. The van der Waals surface area contributed by atoms with E-state index in [0.717, 1.165) is 28.2 Å². The molecule has 5 heteroatoms. The SMILES string of the molecule is CC1(C)c2cccc(C(N[S@](=O)C(C)(C)C)c3ccccc3)c2Oc2c(P(c3ccccc3)c3ccccc3)cccc21. The van der Waals surface area contributed by atoms with E-state index in [1.165, 1.54) is 21.5 Å². The molecule has 0 saturated heterocycles. The average molecular weight is 604 g/mol. The molecule has 0 amide bonds. The summed E-state index contributed by atoms with van der Waals surface area (Å²) in [5.41, 5.74) is 4.02. The largest absolute Gasteiger partial charge is 0.456 e. The third-order valence-corrected chi connectivity index (χ3v) is 12.1. The van der Waals surface area contributed by atoms with Crippen LogP contribution in [0.3, 0.4) is 0 Å². The van der Waals surface area contributed by atoms with Crippen molar-refractivity contribution in [1.29, 1.82) is 0 Å². The topological polar surface area (TPSA) is 38.3 Å². The minimum atomic E-state index is -1.30. The van der Waals surface area contributed by atoms with Crippen molar-refractivity contribution in [3.8, 4) is 11.5 Å². The number of nitrogens with one attached hydrogen (secondary N) is 1. The van der Waals surface area contributed by atoms with E-state index in [9.17, 15) is 4.21 Å². The Bertz CT molecular complexity index is 1710. The molecule has 5 aromatic rings. The summed E-state index contributed by atoms with van der Waals surface area (Å²) in [5, 5.41) is 3.75. The maximum Gasteiger partial charge on any atom is 0.139 e. The Morgan fingerprint density at radius 1 is 0.674 bits per heavy atom. The lowest BCUT2D eigenvalue weighted by Crippen LogP contribution is -2.37. The minimum Gasteiger partial charge on any atom is -0.456 e. The van der Waals surface area contributed by atoms with Crippen LogP contribution in [-0.2, 0) is 16.4 Å². The first kappa shape index (κ1) is 29.5. The van der Waals surface area contributed by atoms with Crippen molar-refractivity contribution in [3.63, 3.8) is 0 Å². The highest BCUT2D eigenvalue weighted by atomic mass is 32.2. The second-order valence-electron chi connectivity index (χ2n) is 12.5. The second-order valence-corrected chi connectivity index (χ2v) is 16.6. The van der Waals surface area contributed by atoms with Crippen LogP contribution in [-0.4, -0.2) is 8.96 Å². The number of para-hydroxylation sites is 2. The van der Waals surface area contributed by atoms with Gasteiger partial charge in [-0.05, 0) is 44.9 Å². The maximum absolute atomic E-state index is 13.5. The summed E-state index contributed by atoms with van der Waals surface area (Å²) in [4.78, 5) is 0. The Morgan fingerprint density at radius 2 is 1.19 bits per heavy atom. The molecule has 0 spiro atoms. The number of fused-ring (bicyclic) bond motifs is 2. The standard InChI is InChI=1S/C38H38NO2PS/c1-37(2,3)43(40)39-34(27-17-9-6-10-18-27)30-23-15-24-31-35(30)41-36-32(38(31,4)5)25-16-26-33(36)42(28-19-11-7-12-20-28)29-21-13-8-14-22-29/h6-26,34,39H,1-5H3/t34?,43-/m1/s1. The van der Waals surface area contributed by atoms with Crippen LogP contribution in [0.5, 0.6) is 11.5 Å². The van der Waals surface area contributed by atoms with E-state index in [1.54, 1.807) is 0 Å². The second kappa shape index (κ2) is 11.8. The fourth-order valence-corrected chi connectivity index (χ4v) is 8.99. The molecular formula is C38H38NO2PS. The van der Waals surface area contributed by atoms with Crippen molar-refractivity contribution in [2.45, 2.75) is 50.8 Å². The summed E-state index contributed by atoms with van der Waals surface area (Å²) in [6.07, 6.45) is 0. The highest BCUT2D eigenvalue weighted by Gasteiger charge is 2.39. The van der Waals surface area contributed by atoms with Crippen molar-refractivity contribution in [2.75, 3.05) is 0 Å². The zero-order chi connectivity index (χ0) is 30.2. The smallest absolute Gasteiger partial charge is 0.139 e. The molecule has 0 fully saturated rings. The van der Waals surface area contributed by atoms with Crippen molar-refractivity contribution < 1.29 is 8.95 Å². The number of benzene rings is 5. The monoisotopic (exact) mass is 603 g/mol. The van der Waals surface area contributed by atoms with Gasteiger partial charge in [-0.15, -0.1) is 0 Å². The quantitative estimate of drug-likeness (QED) is 0.191. The van der Waals surface area contributed by atoms with E-state index >= 15 is 0 Å². The van der Waals surface area contributed by atoms with Crippen molar-refractivity contribution in [3.05, 3.63) is 150 Å². The van der Waals surface area contributed by atoms with Crippen LogP contribution in [0.25, 0.3) is 0 Å². The molecule has 0 aliphatic carbocycles. The molecule has 0 radical (unpaired) electrons. The molecule has 2 atom stereocenters. The number of hydrogen-bond acceptors (Lipinski definition) is 2. The number of rotatable bonds is 7.